The number of carbonyl (C=O) groups is 1. The van der Waals surface area contributed by atoms with Crippen molar-refractivity contribution in [3.63, 3.8) is 0 Å². The summed E-state index contributed by atoms with van der Waals surface area (Å²) in [6.45, 7) is 3.92. The third kappa shape index (κ3) is 3.52. The lowest BCUT2D eigenvalue weighted by atomic mass is 10.0. The second-order valence-electron chi connectivity index (χ2n) is 7.01. The van der Waals surface area contributed by atoms with Crippen molar-refractivity contribution in [3.05, 3.63) is 72.3 Å². The molecule has 1 N–H and O–H groups in total. The van der Waals surface area contributed by atoms with E-state index >= 15 is 0 Å². The Hall–Kier alpha value is -3.32. The Kier molecular flexibility index (Phi) is 5.22. The fourth-order valence-corrected chi connectivity index (χ4v) is 5.24. The number of ether oxygens (including phenoxy) is 1. The van der Waals surface area contributed by atoms with E-state index in [-0.39, 0.29) is 11.4 Å². The summed E-state index contributed by atoms with van der Waals surface area (Å²) in [5, 5.41) is 2.78. The summed E-state index contributed by atoms with van der Waals surface area (Å²) in [6.07, 6.45) is 0. The van der Waals surface area contributed by atoms with Crippen LogP contribution in [0.1, 0.15) is 12.5 Å². The topological polar surface area (TPSA) is 75.7 Å². The van der Waals surface area contributed by atoms with Crippen LogP contribution < -0.4 is 14.4 Å². The van der Waals surface area contributed by atoms with E-state index in [0.29, 0.717) is 29.3 Å². The van der Waals surface area contributed by atoms with Gasteiger partial charge < -0.3 is 10.1 Å². The quantitative estimate of drug-likeness (QED) is 0.668. The van der Waals surface area contributed by atoms with Gasteiger partial charge in [0.25, 0.3) is 10.0 Å². The normalized spacial score (nSPS) is 13.9. The number of amides is 1. The highest BCUT2D eigenvalue weighted by Gasteiger charge is 2.35. The van der Waals surface area contributed by atoms with Crippen molar-refractivity contribution in [2.75, 3.05) is 22.8 Å². The molecule has 1 heterocycles. The maximum atomic E-state index is 13.3. The molecule has 3 aromatic rings. The number of benzene rings is 3. The number of rotatable bonds is 5. The van der Waals surface area contributed by atoms with Crippen LogP contribution in [0.5, 0.6) is 5.75 Å². The molecule has 7 heteroatoms. The van der Waals surface area contributed by atoms with Crippen molar-refractivity contribution >= 4 is 27.3 Å². The lowest BCUT2D eigenvalue weighted by Gasteiger charge is -2.32. The van der Waals surface area contributed by atoms with Gasteiger partial charge in [-0.25, -0.2) is 8.42 Å². The Morgan fingerprint density at radius 1 is 1.00 bits per heavy atom. The molecular weight excluding hydrogens is 400 g/mol. The molecule has 0 aliphatic carbocycles. The van der Waals surface area contributed by atoms with E-state index in [4.69, 9.17) is 4.74 Å². The summed E-state index contributed by atoms with van der Waals surface area (Å²) in [6, 6.07) is 19.5. The van der Waals surface area contributed by atoms with E-state index in [9.17, 15) is 13.2 Å². The number of aryl methyl sites for hydroxylation is 1. The van der Waals surface area contributed by atoms with Gasteiger partial charge in [-0.1, -0.05) is 42.0 Å². The van der Waals surface area contributed by atoms with E-state index in [1.165, 1.54) is 4.31 Å². The lowest BCUT2D eigenvalue weighted by molar-refractivity contribution is -0.114. The van der Waals surface area contributed by atoms with Crippen molar-refractivity contribution in [1.82, 2.24) is 0 Å². The molecule has 0 unspecified atom stereocenters. The van der Waals surface area contributed by atoms with Gasteiger partial charge in [0.05, 0.1) is 22.9 Å². The van der Waals surface area contributed by atoms with Crippen molar-refractivity contribution in [3.8, 4) is 16.9 Å². The minimum atomic E-state index is -3.88. The van der Waals surface area contributed by atoms with E-state index in [2.05, 4.69) is 5.32 Å². The number of nitrogens with one attached hydrogen (secondary N) is 1. The predicted octanol–water partition coefficient (Wildman–Crippen LogP) is 4.21. The van der Waals surface area contributed by atoms with Crippen LogP contribution >= 0.6 is 0 Å². The standard InChI is InChI=1S/C23H22N2O4S/c1-3-29-21-10-6-5-9-19(21)24-23(26)15-25-20-13-12-16(2)14-18(20)17-8-4-7-11-22(17)30(25,27)28/h4-14H,3,15H2,1-2H3,(H,24,26). The first-order valence-electron chi connectivity index (χ1n) is 9.66. The van der Waals surface area contributed by atoms with Crippen LogP contribution in [0.15, 0.2) is 71.6 Å². The highest BCUT2D eigenvalue weighted by atomic mass is 32.2. The molecule has 4 rings (SSSR count). The second-order valence-corrected chi connectivity index (χ2v) is 8.84. The summed E-state index contributed by atoms with van der Waals surface area (Å²) >= 11 is 0. The average Bonchev–Trinajstić information content (AvgIpc) is 2.73. The third-order valence-electron chi connectivity index (χ3n) is 4.91. The Bertz CT molecular complexity index is 1220. The van der Waals surface area contributed by atoms with Crippen LogP contribution in [-0.2, 0) is 14.8 Å². The summed E-state index contributed by atoms with van der Waals surface area (Å²) in [5.41, 5.74) is 3.45. The Labute approximate surface area is 176 Å². The van der Waals surface area contributed by atoms with Gasteiger partial charge in [-0.3, -0.25) is 9.10 Å². The molecule has 30 heavy (non-hydrogen) atoms. The summed E-state index contributed by atoms with van der Waals surface area (Å²) in [7, 11) is -3.88. The van der Waals surface area contributed by atoms with E-state index < -0.39 is 15.9 Å². The highest BCUT2D eigenvalue weighted by Crippen LogP contribution is 2.43. The zero-order chi connectivity index (χ0) is 21.3. The van der Waals surface area contributed by atoms with Gasteiger partial charge in [-0.2, -0.15) is 0 Å². The van der Waals surface area contributed by atoms with Crippen molar-refractivity contribution in [1.29, 1.82) is 0 Å². The zero-order valence-corrected chi connectivity index (χ0v) is 17.6. The summed E-state index contributed by atoms with van der Waals surface area (Å²) in [5.74, 6) is 0.0906. The molecule has 154 valence electrons. The number of sulfonamides is 1. The SMILES string of the molecule is CCOc1ccccc1NC(=O)CN1c2ccc(C)cc2-c2ccccc2S1(=O)=O. The fraction of sp³-hybridized carbons (Fsp3) is 0.174. The monoisotopic (exact) mass is 422 g/mol. The van der Waals surface area contributed by atoms with Crippen LogP contribution in [0.4, 0.5) is 11.4 Å². The predicted molar refractivity (Wildman–Crippen MR) is 117 cm³/mol. The van der Waals surface area contributed by atoms with Gasteiger partial charge in [0, 0.05) is 11.1 Å². The van der Waals surface area contributed by atoms with E-state index in [1.54, 1.807) is 42.5 Å². The van der Waals surface area contributed by atoms with Gasteiger partial charge >= 0.3 is 0 Å². The van der Waals surface area contributed by atoms with Crippen molar-refractivity contribution in [2.24, 2.45) is 0 Å². The molecule has 3 aromatic carbocycles. The number of para-hydroxylation sites is 2. The van der Waals surface area contributed by atoms with E-state index in [1.807, 2.05) is 38.1 Å². The van der Waals surface area contributed by atoms with Gasteiger partial charge in [0.2, 0.25) is 5.91 Å². The number of fused-ring (bicyclic) bond motifs is 3. The number of hydrogen-bond donors (Lipinski definition) is 1. The highest BCUT2D eigenvalue weighted by molar-refractivity contribution is 7.93. The van der Waals surface area contributed by atoms with Crippen LogP contribution in [-0.4, -0.2) is 27.5 Å². The second kappa shape index (κ2) is 7.84. The largest absolute Gasteiger partial charge is 0.492 e. The minimum absolute atomic E-state index is 0.200. The van der Waals surface area contributed by atoms with Crippen LogP contribution in [0, 0.1) is 6.92 Å². The fourth-order valence-electron chi connectivity index (χ4n) is 3.59. The van der Waals surface area contributed by atoms with Gasteiger partial charge in [-0.15, -0.1) is 0 Å². The molecule has 1 amide bonds. The molecule has 1 aliphatic rings. The molecule has 0 bridgehead atoms. The molecule has 0 spiro atoms. The van der Waals surface area contributed by atoms with Crippen LogP contribution in [0.25, 0.3) is 11.1 Å². The lowest BCUT2D eigenvalue weighted by Crippen LogP contribution is -2.40. The number of anilines is 2. The average molecular weight is 423 g/mol. The molecule has 0 atom stereocenters. The maximum Gasteiger partial charge on any atom is 0.265 e. The first-order valence-corrected chi connectivity index (χ1v) is 11.1. The summed E-state index contributed by atoms with van der Waals surface area (Å²) < 4.78 is 33.4. The van der Waals surface area contributed by atoms with Gasteiger partial charge in [0.15, 0.2) is 0 Å². The Morgan fingerprint density at radius 3 is 2.53 bits per heavy atom. The molecule has 0 radical (unpaired) electrons. The van der Waals surface area contributed by atoms with Gasteiger partial charge in [-0.05, 0) is 44.2 Å². The van der Waals surface area contributed by atoms with E-state index in [0.717, 1.165) is 11.1 Å². The van der Waals surface area contributed by atoms with Crippen molar-refractivity contribution in [2.45, 2.75) is 18.7 Å². The third-order valence-corrected chi connectivity index (χ3v) is 6.73. The Balaban J connectivity index is 1.70. The number of nitrogens with zero attached hydrogens (tertiary/aromatic N) is 1. The minimum Gasteiger partial charge on any atom is -0.492 e. The Morgan fingerprint density at radius 2 is 1.73 bits per heavy atom. The number of hydrogen-bond acceptors (Lipinski definition) is 4. The smallest absolute Gasteiger partial charge is 0.265 e. The van der Waals surface area contributed by atoms with Crippen LogP contribution in [0.3, 0.4) is 0 Å². The van der Waals surface area contributed by atoms with Crippen molar-refractivity contribution < 1.29 is 17.9 Å². The number of carbonyl (C=O) groups excluding carboxylic acids is 1. The molecule has 0 saturated carbocycles. The van der Waals surface area contributed by atoms with Gasteiger partial charge in [0.1, 0.15) is 12.3 Å². The summed E-state index contributed by atoms with van der Waals surface area (Å²) in [4.78, 5) is 13.0. The molecule has 0 aromatic heterocycles. The molecule has 0 fully saturated rings. The molecule has 0 saturated heterocycles. The molecular formula is C23H22N2O4S. The first-order chi connectivity index (χ1) is 14.4. The maximum absolute atomic E-state index is 13.3. The first kappa shape index (κ1) is 20.0. The zero-order valence-electron chi connectivity index (χ0n) is 16.8. The van der Waals surface area contributed by atoms with Crippen LogP contribution in [0.2, 0.25) is 0 Å². The molecule has 1 aliphatic heterocycles. The molecule has 6 nitrogen and oxygen atoms in total.